The maximum Gasteiger partial charge on any atom is 0.250 e. The minimum atomic E-state index is -0.544. The third-order valence-electron chi connectivity index (χ3n) is 3.51. The lowest BCUT2D eigenvalue weighted by Crippen LogP contribution is -2.05. The van der Waals surface area contributed by atoms with E-state index in [0.29, 0.717) is 23.4 Å². The number of hydrogen-bond donors (Lipinski definition) is 2. The molecule has 124 valence electrons. The number of pyridine rings is 2. The van der Waals surface area contributed by atoms with Crippen molar-refractivity contribution in [3.8, 4) is 5.88 Å². The van der Waals surface area contributed by atoms with E-state index in [-0.39, 0.29) is 12.4 Å². The topological polar surface area (TPSA) is 62.8 Å². The molecule has 0 aliphatic rings. The van der Waals surface area contributed by atoms with Crippen LogP contribution in [-0.2, 0) is 13.0 Å². The summed E-state index contributed by atoms with van der Waals surface area (Å²) in [4.78, 5) is 10.7. The predicted octanol–water partition coefficient (Wildman–Crippen LogP) is 3.29. The zero-order valence-electron chi connectivity index (χ0n) is 13.0. The van der Waals surface area contributed by atoms with E-state index in [1.54, 1.807) is 18.3 Å². The normalized spacial score (nSPS) is 10.6. The molecule has 3 heterocycles. The number of methoxy groups -OCH3 is 1. The fourth-order valence-electron chi connectivity index (χ4n) is 2.29. The Balaban J connectivity index is 1.65. The van der Waals surface area contributed by atoms with Crippen molar-refractivity contribution in [2.75, 3.05) is 12.4 Å². The van der Waals surface area contributed by atoms with E-state index in [1.807, 2.05) is 12.3 Å². The van der Waals surface area contributed by atoms with E-state index in [2.05, 4.69) is 20.3 Å². The van der Waals surface area contributed by atoms with Crippen molar-refractivity contribution in [3.63, 3.8) is 0 Å². The number of nitrogens with zero attached hydrogens (tertiary/aromatic N) is 2. The van der Waals surface area contributed by atoms with Crippen LogP contribution >= 0.6 is 0 Å². The number of anilines is 1. The highest BCUT2D eigenvalue weighted by atomic mass is 19.1. The van der Waals surface area contributed by atoms with Crippen LogP contribution in [0.15, 0.2) is 42.9 Å². The largest absolute Gasteiger partial charge is 0.479 e. The van der Waals surface area contributed by atoms with Crippen LogP contribution in [0, 0.1) is 11.8 Å². The highest BCUT2D eigenvalue weighted by Crippen LogP contribution is 2.17. The van der Waals surface area contributed by atoms with Gasteiger partial charge in [-0.05, 0) is 29.3 Å². The fraction of sp³-hybridized carbons (Fsp3) is 0.176. The maximum atomic E-state index is 14.1. The Morgan fingerprint density at radius 3 is 2.75 bits per heavy atom. The summed E-state index contributed by atoms with van der Waals surface area (Å²) >= 11 is 0. The molecule has 5 nitrogen and oxygen atoms in total. The summed E-state index contributed by atoms with van der Waals surface area (Å²) in [5, 5.41) is 2.95. The summed E-state index contributed by atoms with van der Waals surface area (Å²) in [6, 6.07) is 6.58. The zero-order chi connectivity index (χ0) is 16.9. The fourth-order valence-corrected chi connectivity index (χ4v) is 2.29. The minimum absolute atomic E-state index is 0.0583. The highest BCUT2D eigenvalue weighted by Gasteiger charge is 2.08. The van der Waals surface area contributed by atoms with Crippen molar-refractivity contribution in [1.29, 1.82) is 0 Å². The number of halogens is 2. The standard InChI is InChI=1S/C17H16F2N4O/c1-24-17-14(18)7-12(10-22-17)9-21-15-3-2-13(16(19)23-15)6-11-4-5-20-8-11/h2-5,7-8,10,20H,6,9H2,1H3,(H,21,23). The van der Waals surface area contributed by atoms with Crippen LogP contribution in [0.1, 0.15) is 16.7 Å². The van der Waals surface area contributed by atoms with Crippen molar-refractivity contribution in [1.82, 2.24) is 15.0 Å². The van der Waals surface area contributed by atoms with E-state index in [0.717, 1.165) is 5.56 Å². The molecule has 3 rings (SSSR count). The monoisotopic (exact) mass is 330 g/mol. The molecular formula is C17H16F2N4O. The number of ether oxygens (including phenoxy) is 1. The summed E-state index contributed by atoms with van der Waals surface area (Å²) in [6.45, 7) is 0.275. The Bertz CT molecular complexity index is 821. The molecule has 7 heteroatoms. The van der Waals surface area contributed by atoms with Crippen molar-refractivity contribution in [3.05, 3.63) is 71.3 Å². The summed E-state index contributed by atoms with van der Waals surface area (Å²) < 4.78 is 32.4. The first-order chi connectivity index (χ1) is 11.7. The molecule has 0 aromatic carbocycles. The molecule has 0 amide bonds. The number of H-pyrrole nitrogens is 1. The lowest BCUT2D eigenvalue weighted by molar-refractivity contribution is 0.368. The number of aromatic nitrogens is 3. The molecule has 3 aromatic rings. The molecule has 0 atom stereocenters. The Labute approximate surface area is 137 Å². The van der Waals surface area contributed by atoms with Gasteiger partial charge in [0.2, 0.25) is 11.8 Å². The Morgan fingerprint density at radius 1 is 1.21 bits per heavy atom. The summed E-state index contributed by atoms with van der Waals surface area (Å²) in [6.07, 6.45) is 5.57. The van der Waals surface area contributed by atoms with Crippen molar-refractivity contribution < 1.29 is 13.5 Å². The first-order valence-corrected chi connectivity index (χ1v) is 7.35. The van der Waals surface area contributed by atoms with Crippen molar-refractivity contribution in [2.45, 2.75) is 13.0 Å². The van der Waals surface area contributed by atoms with E-state index in [4.69, 9.17) is 4.74 Å². The van der Waals surface area contributed by atoms with Crippen LogP contribution < -0.4 is 10.1 Å². The average Bonchev–Trinajstić information content (AvgIpc) is 3.08. The van der Waals surface area contributed by atoms with Crippen LogP contribution in [0.2, 0.25) is 0 Å². The molecule has 0 fully saturated rings. The first-order valence-electron chi connectivity index (χ1n) is 7.35. The van der Waals surface area contributed by atoms with Crippen LogP contribution in [0.3, 0.4) is 0 Å². The molecule has 24 heavy (non-hydrogen) atoms. The molecule has 0 saturated carbocycles. The second kappa shape index (κ2) is 7.08. The van der Waals surface area contributed by atoms with Gasteiger partial charge < -0.3 is 15.0 Å². The number of aromatic amines is 1. The highest BCUT2D eigenvalue weighted by molar-refractivity contribution is 5.38. The summed E-state index contributed by atoms with van der Waals surface area (Å²) in [5.41, 5.74) is 2.10. The molecule has 0 aliphatic heterocycles. The van der Waals surface area contributed by atoms with Crippen molar-refractivity contribution in [2.24, 2.45) is 0 Å². The quantitative estimate of drug-likeness (QED) is 0.681. The van der Waals surface area contributed by atoms with E-state index in [1.165, 1.54) is 19.4 Å². The van der Waals surface area contributed by atoms with Crippen LogP contribution in [0.4, 0.5) is 14.6 Å². The van der Waals surface area contributed by atoms with Crippen LogP contribution in [-0.4, -0.2) is 22.1 Å². The second-order valence-corrected chi connectivity index (χ2v) is 5.23. The maximum absolute atomic E-state index is 14.1. The van der Waals surface area contributed by atoms with Gasteiger partial charge in [-0.15, -0.1) is 0 Å². The van der Waals surface area contributed by atoms with Gasteiger partial charge >= 0.3 is 0 Å². The van der Waals surface area contributed by atoms with Crippen LogP contribution in [0.25, 0.3) is 0 Å². The van der Waals surface area contributed by atoms with Gasteiger partial charge in [0.25, 0.3) is 0 Å². The molecule has 0 aliphatic carbocycles. The summed E-state index contributed by atoms with van der Waals surface area (Å²) in [5.74, 6) is -0.753. The molecule has 2 N–H and O–H groups in total. The van der Waals surface area contributed by atoms with Gasteiger partial charge in [-0.2, -0.15) is 4.39 Å². The average molecular weight is 330 g/mol. The molecular weight excluding hydrogens is 314 g/mol. The minimum Gasteiger partial charge on any atom is -0.479 e. The number of hydrogen-bond acceptors (Lipinski definition) is 4. The van der Waals surface area contributed by atoms with E-state index in [9.17, 15) is 8.78 Å². The predicted molar refractivity (Wildman–Crippen MR) is 85.9 cm³/mol. The molecule has 0 bridgehead atoms. The Hall–Kier alpha value is -2.96. The number of nitrogens with one attached hydrogen (secondary N) is 2. The van der Waals surface area contributed by atoms with Gasteiger partial charge in [-0.3, -0.25) is 0 Å². The van der Waals surface area contributed by atoms with Gasteiger partial charge in [0.1, 0.15) is 5.82 Å². The number of rotatable bonds is 6. The third kappa shape index (κ3) is 3.68. The van der Waals surface area contributed by atoms with E-state index < -0.39 is 11.8 Å². The lowest BCUT2D eigenvalue weighted by atomic mass is 10.1. The van der Waals surface area contributed by atoms with Gasteiger partial charge in [-0.1, -0.05) is 6.07 Å². The van der Waals surface area contributed by atoms with E-state index >= 15 is 0 Å². The Kier molecular flexibility index (Phi) is 4.69. The van der Waals surface area contributed by atoms with Gasteiger partial charge in [0.05, 0.1) is 7.11 Å². The molecule has 0 unspecified atom stereocenters. The smallest absolute Gasteiger partial charge is 0.250 e. The molecule has 0 spiro atoms. The molecule has 0 saturated heterocycles. The SMILES string of the molecule is COc1ncc(CNc2ccc(Cc3cc[nH]c3)c(F)n2)cc1F. The molecule has 0 radical (unpaired) electrons. The van der Waals surface area contributed by atoms with Gasteiger partial charge in [0, 0.05) is 37.1 Å². The second-order valence-electron chi connectivity index (χ2n) is 5.23. The molecule has 3 aromatic heterocycles. The third-order valence-corrected chi connectivity index (χ3v) is 3.51. The van der Waals surface area contributed by atoms with Gasteiger partial charge in [-0.25, -0.2) is 14.4 Å². The van der Waals surface area contributed by atoms with Gasteiger partial charge in [0.15, 0.2) is 5.82 Å². The van der Waals surface area contributed by atoms with Crippen LogP contribution in [0.5, 0.6) is 5.88 Å². The van der Waals surface area contributed by atoms with Crippen molar-refractivity contribution >= 4 is 5.82 Å². The Morgan fingerprint density at radius 2 is 2.08 bits per heavy atom. The zero-order valence-corrected chi connectivity index (χ0v) is 13.0. The first kappa shape index (κ1) is 15.9. The lowest BCUT2D eigenvalue weighted by Gasteiger charge is -2.08. The summed E-state index contributed by atoms with van der Waals surface area (Å²) in [7, 11) is 1.35.